The molecule has 8 heteroatoms. The zero-order valence-electron chi connectivity index (χ0n) is 17.6. The predicted octanol–water partition coefficient (Wildman–Crippen LogP) is 2.41. The standard InChI is InChI=1S/C21H28N8/c1-21(2,3)20-25-24-17-7-8-18(26-29(17)20)28-12-16(13-28)27(4)11-14-9-22-19(23-10-14)15-5-6-15/h7-10,15-16H,5-6,11-13H2,1-4H3. The van der Waals surface area contributed by atoms with Gasteiger partial charge >= 0.3 is 0 Å². The van der Waals surface area contributed by atoms with E-state index in [2.05, 4.69) is 57.8 Å². The van der Waals surface area contributed by atoms with Gasteiger partial charge in [-0.05, 0) is 32.0 Å². The summed E-state index contributed by atoms with van der Waals surface area (Å²) in [6.07, 6.45) is 6.46. The summed E-state index contributed by atoms with van der Waals surface area (Å²) in [5, 5.41) is 13.4. The van der Waals surface area contributed by atoms with Gasteiger partial charge < -0.3 is 4.90 Å². The minimum absolute atomic E-state index is 0.0974. The van der Waals surface area contributed by atoms with Crippen molar-refractivity contribution in [1.82, 2.24) is 34.7 Å². The van der Waals surface area contributed by atoms with E-state index in [1.807, 2.05) is 29.0 Å². The first-order valence-electron chi connectivity index (χ1n) is 10.4. The Labute approximate surface area is 171 Å². The molecule has 1 aliphatic heterocycles. The Hall–Kier alpha value is -2.61. The summed E-state index contributed by atoms with van der Waals surface area (Å²) in [4.78, 5) is 13.8. The van der Waals surface area contributed by atoms with Crippen LogP contribution in [0.3, 0.4) is 0 Å². The van der Waals surface area contributed by atoms with Gasteiger partial charge in [-0.2, -0.15) is 4.52 Å². The van der Waals surface area contributed by atoms with Crippen LogP contribution in [0.25, 0.3) is 5.65 Å². The van der Waals surface area contributed by atoms with Gasteiger partial charge in [-0.25, -0.2) is 9.97 Å². The highest BCUT2D eigenvalue weighted by Gasteiger charge is 2.32. The summed E-state index contributed by atoms with van der Waals surface area (Å²) >= 11 is 0. The zero-order chi connectivity index (χ0) is 20.2. The van der Waals surface area contributed by atoms with Crippen molar-refractivity contribution in [3.05, 3.63) is 41.7 Å². The van der Waals surface area contributed by atoms with Crippen molar-refractivity contribution in [1.29, 1.82) is 0 Å². The molecule has 0 aromatic carbocycles. The van der Waals surface area contributed by atoms with Gasteiger partial charge in [-0.3, -0.25) is 4.90 Å². The highest BCUT2D eigenvalue weighted by molar-refractivity contribution is 5.48. The zero-order valence-corrected chi connectivity index (χ0v) is 17.6. The Kier molecular flexibility index (Phi) is 4.27. The molecule has 0 spiro atoms. The van der Waals surface area contributed by atoms with Crippen molar-refractivity contribution in [2.24, 2.45) is 0 Å². The molecule has 0 radical (unpaired) electrons. The van der Waals surface area contributed by atoms with Crippen molar-refractivity contribution >= 4 is 11.5 Å². The predicted molar refractivity (Wildman–Crippen MR) is 111 cm³/mol. The molecule has 152 valence electrons. The van der Waals surface area contributed by atoms with E-state index >= 15 is 0 Å². The van der Waals surface area contributed by atoms with Gasteiger partial charge in [-0.15, -0.1) is 15.3 Å². The second kappa shape index (κ2) is 6.73. The molecule has 4 heterocycles. The van der Waals surface area contributed by atoms with Gasteiger partial charge in [-0.1, -0.05) is 20.8 Å². The lowest BCUT2D eigenvalue weighted by Crippen LogP contribution is -2.58. The third-order valence-corrected chi connectivity index (χ3v) is 5.83. The maximum atomic E-state index is 4.81. The molecule has 0 amide bonds. The number of hydrogen-bond donors (Lipinski definition) is 0. The molecule has 0 bridgehead atoms. The van der Waals surface area contributed by atoms with Gasteiger partial charge in [0.1, 0.15) is 11.6 Å². The number of fused-ring (bicyclic) bond motifs is 1. The molecule has 0 N–H and O–H groups in total. The first-order valence-corrected chi connectivity index (χ1v) is 10.4. The highest BCUT2D eigenvalue weighted by Crippen LogP contribution is 2.37. The van der Waals surface area contributed by atoms with E-state index in [4.69, 9.17) is 5.10 Å². The van der Waals surface area contributed by atoms with Crippen LogP contribution in [0, 0.1) is 0 Å². The minimum Gasteiger partial charge on any atom is -0.352 e. The fraction of sp³-hybridized carbons (Fsp3) is 0.571. The second-order valence-corrected chi connectivity index (χ2v) is 9.43. The van der Waals surface area contributed by atoms with Crippen LogP contribution in [0.2, 0.25) is 0 Å². The monoisotopic (exact) mass is 392 g/mol. The number of aromatic nitrogens is 6. The maximum Gasteiger partial charge on any atom is 0.178 e. The van der Waals surface area contributed by atoms with Gasteiger partial charge in [0.2, 0.25) is 0 Å². The molecule has 5 rings (SSSR count). The number of nitrogens with zero attached hydrogens (tertiary/aromatic N) is 8. The summed E-state index contributed by atoms with van der Waals surface area (Å²) in [6, 6.07) is 4.54. The Morgan fingerprint density at radius 2 is 1.79 bits per heavy atom. The third kappa shape index (κ3) is 3.57. The molecule has 1 saturated heterocycles. The van der Waals surface area contributed by atoms with Gasteiger partial charge in [0.05, 0.1) is 0 Å². The van der Waals surface area contributed by atoms with E-state index in [1.54, 1.807) is 0 Å². The van der Waals surface area contributed by atoms with E-state index in [1.165, 1.54) is 18.4 Å². The fourth-order valence-electron chi connectivity index (χ4n) is 3.75. The molecule has 1 aliphatic carbocycles. The summed E-state index contributed by atoms with van der Waals surface area (Å²) in [5.74, 6) is 3.48. The van der Waals surface area contributed by atoms with Crippen LogP contribution in [-0.4, -0.2) is 60.9 Å². The molecule has 1 saturated carbocycles. The lowest BCUT2D eigenvalue weighted by atomic mass is 9.96. The van der Waals surface area contributed by atoms with Crippen LogP contribution in [0.5, 0.6) is 0 Å². The molecule has 2 fully saturated rings. The molecular formula is C21H28N8. The second-order valence-electron chi connectivity index (χ2n) is 9.43. The molecule has 3 aromatic rings. The quantitative estimate of drug-likeness (QED) is 0.660. The lowest BCUT2D eigenvalue weighted by molar-refractivity contribution is 0.196. The van der Waals surface area contributed by atoms with Crippen molar-refractivity contribution in [3.63, 3.8) is 0 Å². The van der Waals surface area contributed by atoms with E-state index in [9.17, 15) is 0 Å². The number of anilines is 1. The Morgan fingerprint density at radius 3 is 2.45 bits per heavy atom. The molecule has 8 nitrogen and oxygen atoms in total. The smallest absolute Gasteiger partial charge is 0.178 e. The first-order chi connectivity index (χ1) is 13.9. The molecule has 2 aliphatic rings. The number of likely N-dealkylation sites (N-methyl/N-ethyl adjacent to an activating group) is 1. The lowest BCUT2D eigenvalue weighted by Gasteiger charge is -2.44. The Morgan fingerprint density at radius 1 is 1.07 bits per heavy atom. The summed E-state index contributed by atoms with van der Waals surface area (Å²) in [7, 11) is 2.17. The Bertz CT molecular complexity index is 1010. The topological polar surface area (TPSA) is 75.3 Å². The number of rotatable bonds is 5. The molecular weight excluding hydrogens is 364 g/mol. The summed E-state index contributed by atoms with van der Waals surface area (Å²) in [5.41, 5.74) is 1.87. The third-order valence-electron chi connectivity index (χ3n) is 5.83. The van der Waals surface area contributed by atoms with E-state index in [0.29, 0.717) is 12.0 Å². The Balaban J connectivity index is 1.23. The highest BCUT2D eigenvalue weighted by atomic mass is 15.4. The van der Waals surface area contributed by atoms with E-state index < -0.39 is 0 Å². The summed E-state index contributed by atoms with van der Waals surface area (Å²) in [6.45, 7) is 9.19. The van der Waals surface area contributed by atoms with Gasteiger partial charge in [0.25, 0.3) is 0 Å². The average molecular weight is 393 g/mol. The molecule has 0 unspecified atom stereocenters. The van der Waals surface area contributed by atoms with Crippen molar-refractivity contribution < 1.29 is 0 Å². The average Bonchev–Trinajstić information content (AvgIpc) is 3.39. The largest absolute Gasteiger partial charge is 0.352 e. The molecule has 0 atom stereocenters. The fourth-order valence-corrected chi connectivity index (χ4v) is 3.75. The normalized spacial score (nSPS) is 17.9. The van der Waals surface area contributed by atoms with Gasteiger partial charge in [0, 0.05) is 55.0 Å². The van der Waals surface area contributed by atoms with Crippen molar-refractivity contribution in [2.45, 2.75) is 57.5 Å². The van der Waals surface area contributed by atoms with Crippen LogP contribution in [0.1, 0.15) is 56.7 Å². The van der Waals surface area contributed by atoms with Crippen LogP contribution in [-0.2, 0) is 12.0 Å². The van der Waals surface area contributed by atoms with Crippen LogP contribution in [0.4, 0.5) is 5.82 Å². The molecule has 3 aromatic heterocycles. The van der Waals surface area contributed by atoms with Crippen LogP contribution >= 0.6 is 0 Å². The van der Waals surface area contributed by atoms with Crippen LogP contribution in [0.15, 0.2) is 24.5 Å². The van der Waals surface area contributed by atoms with Crippen molar-refractivity contribution in [3.8, 4) is 0 Å². The SMILES string of the molecule is CN(Cc1cnc(C2CC2)nc1)C1CN(c2ccc3nnc(C(C)(C)C)n3n2)C1. The first kappa shape index (κ1) is 18.4. The van der Waals surface area contributed by atoms with Crippen molar-refractivity contribution in [2.75, 3.05) is 25.0 Å². The van der Waals surface area contributed by atoms with Gasteiger partial charge in [0.15, 0.2) is 11.5 Å². The molecule has 29 heavy (non-hydrogen) atoms. The van der Waals surface area contributed by atoms with E-state index in [0.717, 1.165) is 42.7 Å². The van der Waals surface area contributed by atoms with Crippen LogP contribution < -0.4 is 4.90 Å². The minimum atomic E-state index is -0.0974. The maximum absolute atomic E-state index is 4.81. The van der Waals surface area contributed by atoms with E-state index in [-0.39, 0.29) is 5.41 Å². The summed E-state index contributed by atoms with van der Waals surface area (Å²) < 4.78 is 1.88. The number of hydrogen-bond acceptors (Lipinski definition) is 7.